The van der Waals surface area contributed by atoms with E-state index in [0.29, 0.717) is 25.9 Å². The Morgan fingerprint density at radius 1 is 1.05 bits per heavy atom. The summed E-state index contributed by atoms with van der Waals surface area (Å²) in [5, 5.41) is 0. The number of rotatable bonds is 12. The van der Waals surface area contributed by atoms with Gasteiger partial charge in [-0.25, -0.2) is 14.4 Å². The van der Waals surface area contributed by atoms with Gasteiger partial charge in [0.1, 0.15) is 6.54 Å². The highest BCUT2D eigenvalue weighted by atomic mass is 16.5. The molecule has 0 amide bonds. The van der Waals surface area contributed by atoms with Gasteiger partial charge in [-0.3, -0.25) is 4.79 Å². The molecule has 122 valence electrons. The number of hydrogen-bond donors (Lipinski definition) is 0. The molecule has 8 nitrogen and oxygen atoms in total. The molecule has 0 aliphatic carbocycles. The molecule has 0 aromatic rings. The lowest BCUT2D eigenvalue weighted by molar-refractivity contribution is -0.146. The number of carbonyl (C=O) groups excluding carboxylic acids is 4. The largest absolute Gasteiger partial charge is 0.464 e. The fraction of sp³-hybridized carbons (Fsp3) is 0.714. The fourth-order valence-corrected chi connectivity index (χ4v) is 1.48. The SMILES string of the molecule is CCCCOC(=O)C(CCCCOC(=O)CN=C=O)N=C=O. The van der Waals surface area contributed by atoms with Crippen LogP contribution in [0, 0.1) is 0 Å². The van der Waals surface area contributed by atoms with E-state index in [1.165, 1.54) is 12.2 Å². The second kappa shape index (κ2) is 13.7. The Labute approximate surface area is 128 Å². The fourth-order valence-electron chi connectivity index (χ4n) is 1.48. The molecule has 0 spiro atoms. The molecule has 8 heteroatoms. The van der Waals surface area contributed by atoms with Crippen molar-refractivity contribution >= 4 is 24.1 Å². The average Bonchev–Trinajstić information content (AvgIpc) is 2.51. The van der Waals surface area contributed by atoms with Crippen LogP contribution in [0.3, 0.4) is 0 Å². The highest BCUT2D eigenvalue weighted by Crippen LogP contribution is 2.07. The first-order valence-corrected chi connectivity index (χ1v) is 7.08. The van der Waals surface area contributed by atoms with Gasteiger partial charge < -0.3 is 9.47 Å². The number of esters is 2. The van der Waals surface area contributed by atoms with Crippen molar-refractivity contribution in [2.24, 2.45) is 9.98 Å². The van der Waals surface area contributed by atoms with Gasteiger partial charge in [0.2, 0.25) is 12.2 Å². The van der Waals surface area contributed by atoms with Gasteiger partial charge in [-0.1, -0.05) is 13.3 Å². The summed E-state index contributed by atoms with van der Waals surface area (Å²) < 4.78 is 9.78. The monoisotopic (exact) mass is 312 g/mol. The Balaban J connectivity index is 3.95. The Morgan fingerprint density at radius 2 is 1.77 bits per heavy atom. The zero-order chi connectivity index (χ0) is 16.6. The van der Waals surface area contributed by atoms with Crippen LogP contribution in [-0.4, -0.2) is 49.9 Å². The van der Waals surface area contributed by atoms with Crippen LogP contribution in [0.15, 0.2) is 9.98 Å². The molecule has 1 atom stereocenters. The molecular weight excluding hydrogens is 292 g/mol. The van der Waals surface area contributed by atoms with Crippen molar-refractivity contribution in [1.82, 2.24) is 0 Å². The molecule has 22 heavy (non-hydrogen) atoms. The van der Waals surface area contributed by atoms with Crippen molar-refractivity contribution in [3.8, 4) is 0 Å². The molecule has 0 radical (unpaired) electrons. The predicted octanol–water partition coefficient (Wildman–Crippen LogP) is 1.08. The van der Waals surface area contributed by atoms with E-state index in [4.69, 9.17) is 9.47 Å². The topological polar surface area (TPSA) is 111 Å². The highest BCUT2D eigenvalue weighted by molar-refractivity contribution is 5.76. The minimum absolute atomic E-state index is 0.135. The third-order valence-electron chi connectivity index (χ3n) is 2.63. The number of hydrogen-bond acceptors (Lipinski definition) is 8. The summed E-state index contributed by atoms with van der Waals surface area (Å²) in [6, 6.07) is -0.871. The third-order valence-corrected chi connectivity index (χ3v) is 2.63. The van der Waals surface area contributed by atoms with E-state index in [-0.39, 0.29) is 13.2 Å². The van der Waals surface area contributed by atoms with Crippen LogP contribution in [0.5, 0.6) is 0 Å². The maximum atomic E-state index is 11.7. The third kappa shape index (κ3) is 10.5. The molecule has 0 rings (SSSR count). The van der Waals surface area contributed by atoms with E-state index in [1.807, 2.05) is 6.92 Å². The second-order valence-electron chi connectivity index (χ2n) is 4.38. The first-order valence-electron chi connectivity index (χ1n) is 7.08. The summed E-state index contributed by atoms with van der Waals surface area (Å²) >= 11 is 0. The summed E-state index contributed by atoms with van der Waals surface area (Å²) in [6.45, 7) is 2.05. The zero-order valence-corrected chi connectivity index (χ0v) is 12.6. The highest BCUT2D eigenvalue weighted by Gasteiger charge is 2.18. The Bertz CT molecular complexity index is 439. The van der Waals surface area contributed by atoms with E-state index in [1.54, 1.807) is 0 Å². The van der Waals surface area contributed by atoms with E-state index in [0.717, 1.165) is 12.8 Å². The summed E-state index contributed by atoms with van der Waals surface area (Å²) in [7, 11) is 0. The van der Waals surface area contributed by atoms with Gasteiger partial charge in [0.15, 0.2) is 6.04 Å². The molecule has 0 bridgehead atoms. The maximum Gasteiger partial charge on any atom is 0.331 e. The second-order valence-corrected chi connectivity index (χ2v) is 4.38. The van der Waals surface area contributed by atoms with Gasteiger partial charge in [0.25, 0.3) is 0 Å². The standard InChI is InChI=1S/C14H20N2O6/c1-2-3-7-22-14(20)12(16-11-18)6-4-5-8-21-13(19)9-15-10-17/h12H,2-9H2,1H3. The lowest BCUT2D eigenvalue weighted by atomic mass is 10.1. The Morgan fingerprint density at radius 3 is 2.41 bits per heavy atom. The lowest BCUT2D eigenvalue weighted by Gasteiger charge is -2.10. The van der Waals surface area contributed by atoms with Gasteiger partial charge in [-0.05, 0) is 25.7 Å². The van der Waals surface area contributed by atoms with E-state index in [2.05, 4.69) is 9.98 Å². The number of carbonyl (C=O) groups is 2. The van der Waals surface area contributed by atoms with E-state index in [9.17, 15) is 19.2 Å². The Hall–Kier alpha value is -2.30. The maximum absolute atomic E-state index is 11.7. The summed E-state index contributed by atoms with van der Waals surface area (Å²) in [4.78, 5) is 49.3. The minimum atomic E-state index is -0.871. The Kier molecular flexibility index (Phi) is 12.2. The van der Waals surface area contributed by atoms with E-state index >= 15 is 0 Å². The molecule has 1 unspecified atom stereocenters. The quantitative estimate of drug-likeness (QED) is 0.231. The first kappa shape index (κ1) is 19.7. The number of unbranched alkanes of at least 4 members (excludes halogenated alkanes) is 2. The molecule has 0 aliphatic rings. The minimum Gasteiger partial charge on any atom is -0.464 e. The van der Waals surface area contributed by atoms with Crippen molar-refractivity contribution in [3.05, 3.63) is 0 Å². The van der Waals surface area contributed by atoms with Crippen LogP contribution in [0.4, 0.5) is 0 Å². The van der Waals surface area contributed by atoms with Gasteiger partial charge in [0, 0.05) is 0 Å². The van der Waals surface area contributed by atoms with Crippen molar-refractivity contribution < 1.29 is 28.7 Å². The van der Waals surface area contributed by atoms with Gasteiger partial charge in [-0.2, -0.15) is 9.98 Å². The number of aliphatic imine (C=N–C) groups is 2. The zero-order valence-electron chi connectivity index (χ0n) is 12.6. The van der Waals surface area contributed by atoms with Crippen LogP contribution in [0.1, 0.15) is 39.0 Å². The smallest absolute Gasteiger partial charge is 0.331 e. The summed E-state index contributed by atoms with van der Waals surface area (Å²) in [6.07, 6.45) is 5.56. The molecule has 0 fully saturated rings. The van der Waals surface area contributed by atoms with Crippen molar-refractivity contribution in [2.75, 3.05) is 19.8 Å². The van der Waals surface area contributed by atoms with Crippen molar-refractivity contribution in [2.45, 2.75) is 45.1 Å². The van der Waals surface area contributed by atoms with Gasteiger partial charge >= 0.3 is 11.9 Å². The van der Waals surface area contributed by atoms with Crippen molar-refractivity contribution in [3.63, 3.8) is 0 Å². The average molecular weight is 312 g/mol. The predicted molar refractivity (Wildman–Crippen MR) is 75.6 cm³/mol. The molecule has 0 heterocycles. The summed E-state index contributed by atoms with van der Waals surface area (Å²) in [5.41, 5.74) is 0. The van der Waals surface area contributed by atoms with Crippen LogP contribution in [-0.2, 0) is 28.7 Å². The molecule has 0 aromatic heterocycles. The molecule has 0 saturated carbocycles. The van der Waals surface area contributed by atoms with Crippen LogP contribution < -0.4 is 0 Å². The van der Waals surface area contributed by atoms with Crippen LogP contribution in [0.25, 0.3) is 0 Å². The molecule has 0 N–H and O–H groups in total. The van der Waals surface area contributed by atoms with Crippen LogP contribution in [0.2, 0.25) is 0 Å². The number of nitrogens with zero attached hydrogens (tertiary/aromatic N) is 2. The van der Waals surface area contributed by atoms with Crippen molar-refractivity contribution in [1.29, 1.82) is 0 Å². The van der Waals surface area contributed by atoms with E-state index < -0.39 is 18.0 Å². The first-order chi connectivity index (χ1) is 10.7. The number of isocyanates is 2. The normalized spacial score (nSPS) is 10.8. The molecule has 0 aromatic carbocycles. The molecular formula is C14H20N2O6. The molecule has 0 aliphatic heterocycles. The van der Waals surface area contributed by atoms with Crippen LogP contribution >= 0.6 is 0 Å². The summed E-state index contributed by atoms with van der Waals surface area (Å²) in [5.74, 6) is -1.17. The van der Waals surface area contributed by atoms with Gasteiger partial charge in [-0.15, -0.1) is 0 Å². The molecule has 0 saturated heterocycles. The lowest BCUT2D eigenvalue weighted by Crippen LogP contribution is -2.22. The number of ether oxygens (including phenoxy) is 2. The van der Waals surface area contributed by atoms with Gasteiger partial charge in [0.05, 0.1) is 13.2 Å².